The van der Waals surface area contributed by atoms with E-state index in [0.717, 1.165) is 28.8 Å². The summed E-state index contributed by atoms with van der Waals surface area (Å²) in [5.41, 5.74) is 4.66. The van der Waals surface area contributed by atoms with Crippen LogP contribution in [0.2, 0.25) is 0 Å². The van der Waals surface area contributed by atoms with Gasteiger partial charge in [0.25, 0.3) is 0 Å². The van der Waals surface area contributed by atoms with Crippen molar-refractivity contribution in [3.05, 3.63) is 59.4 Å². The van der Waals surface area contributed by atoms with Crippen LogP contribution in [0.4, 0.5) is 0 Å². The quantitative estimate of drug-likeness (QED) is 0.673. The van der Waals surface area contributed by atoms with Gasteiger partial charge in [0.05, 0.1) is 16.6 Å². The summed E-state index contributed by atoms with van der Waals surface area (Å²) in [4.78, 5) is 4.61. The number of ether oxygens (including phenoxy) is 1. The lowest BCUT2D eigenvalue weighted by Crippen LogP contribution is -2.05. The van der Waals surface area contributed by atoms with Gasteiger partial charge >= 0.3 is 0 Å². The van der Waals surface area contributed by atoms with Crippen LogP contribution in [-0.2, 0) is 13.5 Å². The van der Waals surface area contributed by atoms with Gasteiger partial charge in [-0.05, 0) is 48.4 Å². The van der Waals surface area contributed by atoms with E-state index >= 15 is 0 Å². The van der Waals surface area contributed by atoms with E-state index in [2.05, 4.69) is 24.0 Å². The van der Waals surface area contributed by atoms with E-state index in [1.807, 2.05) is 54.1 Å². The van der Waals surface area contributed by atoms with Gasteiger partial charge in [-0.15, -0.1) is 0 Å². The third kappa shape index (κ3) is 2.35. The molecule has 1 unspecified atom stereocenters. The van der Waals surface area contributed by atoms with Gasteiger partial charge < -0.3 is 9.30 Å². The first-order chi connectivity index (χ1) is 11.7. The van der Waals surface area contributed by atoms with Crippen molar-refractivity contribution in [2.24, 2.45) is 7.05 Å². The molecule has 0 spiro atoms. The number of nitrogens with zero attached hydrogens (tertiary/aromatic N) is 3. The summed E-state index contributed by atoms with van der Waals surface area (Å²) in [5.74, 6) is 1.63. The van der Waals surface area contributed by atoms with Crippen LogP contribution in [0.3, 0.4) is 0 Å². The fraction of sp³-hybridized carbons (Fsp3) is 0.200. The van der Waals surface area contributed by atoms with Gasteiger partial charge in [0, 0.05) is 13.5 Å². The van der Waals surface area contributed by atoms with E-state index in [1.165, 1.54) is 5.56 Å². The van der Waals surface area contributed by atoms with Crippen molar-refractivity contribution in [2.75, 3.05) is 0 Å². The van der Waals surface area contributed by atoms with Crippen molar-refractivity contribution in [1.82, 2.24) is 9.55 Å². The number of hydrogen-bond donors (Lipinski definition) is 0. The van der Waals surface area contributed by atoms with Crippen LogP contribution in [0.5, 0.6) is 5.75 Å². The first-order valence-corrected chi connectivity index (χ1v) is 7.99. The smallest absolute Gasteiger partial charge is 0.151 e. The largest absolute Gasteiger partial charge is 0.490 e. The van der Waals surface area contributed by atoms with Crippen molar-refractivity contribution < 1.29 is 4.74 Å². The Morgan fingerprint density at radius 2 is 2.17 bits per heavy atom. The Morgan fingerprint density at radius 3 is 2.96 bits per heavy atom. The molecule has 1 aliphatic rings. The number of fused-ring (bicyclic) bond motifs is 2. The van der Waals surface area contributed by atoms with Crippen molar-refractivity contribution >= 4 is 22.7 Å². The molecule has 0 saturated heterocycles. The fourth-order valence-corrected chi connectivity index (χ4v) is 3.23. The topological polar surface area (TPSA) is 50.8 Å². The molecule has 0 saturated carbocycles. The van der Waals surface area contributed by atoms with Crippen molar-refractivity contribution in [2.45, 2.75) is 19.4 Å². The zero-order chi connectivity index (χ0) is 16.7. The predicted molar refractivity (Wildman–Crippen MR) is 94.4 cm³/mol. The number of nitriles is 1. The number of rotatable bonds is 2. The minimum atomic E-state index is 0.217. The number of aromatic nitrogens is 2. The third-order valence-electron chi connectivity index (χ3n) is 4.38. The highest BCUT2D eigenvalue weighted by Crippen LogP contribution is 2.30. The summed E-state index contributed by atoms with van der Waals surface area (Å²) in [6.45, 7) is 2.07. The number of imidazole rings is 1. The average Bonchev–Trinajstić information content (AvgIpc) is 3.12. The van der Waals surface area contributed by atoms with Crippen molar-refractivity contribution in [3.8, 4) is 11.8 Å². The van der Waals surface area contributed by atoms with Crippen LogP contribution in [0.1, 0.15) is 23.9 Å². The molecule has 0 fully saturated rings. The molecule has 0 radical (unpaired) electrons. The molecule has 4 nitrogen and oxygen atoms in total. The standard InChI is InChI=1S/C20H17N3O/c1-13-9-15-10-14(7-8-19(15)24-13)11-16(12-21)20-22-17-5-3-4-6-18(17)23(20)2/h3-8,10-11,13H,9H2,1-2H3. The summed E-state index contributed by atoms with van der Waals surface area (Å²) >= 11 is 0. The van der Waals surface area contributed by atoms with Gasteiger partial charge in [-0.2, -0.15) is 5.26 Å². The normalized spacial score (nSPS) is 16.7. The molecule has 0 N–H and O–H groups in total. The Labute approximate surface area is 140 Å². The van der Waals surface area contributed by atoms with Crippen LogP contribution >= 0.6 is 0 Å². The van der Waals surface area contributed by atoms with Crippen LogP contribution < -0.4 is 4.74 Å². The SMILES string of the molecule is CC1Cc2cc(C=C(C#N)c3nc4ccccc4n3C)ccc2O1. The van der Waals surface area contributed by atoms with E-state index in [4.69, 9.17) is 4.74 Å². The van der Waals surface area contributed by atoms with Crippen LogP contribution in [-0.4, -0.2) is 15.7 Å². The summed E-state index contributed by atoms with van der Waals surface area (Å²) in [7, 11) is 1.94. The third-order valence-corrected chi connectivity index (χ3v) is 4.38. The van der Waals surface area contributed by atoms with E-state index in [9.17, 15) is 5.26 Å². The Kier molecular flexibility index (Phi) is 3.35. The van der Waals surface area contributed by atoms with Crippen molar-refractivity contribution in [1.29, 1.82) is 5.26 Å². The lowest BCUT2D eigenvalue weighted by molar-refractivity contribution is 0.254. The summed E-state index contributed by atoms with van der Waals surface area (Å²) in [5, 5.41) is 9.63. The first-order valence-electron chi connectivity index (χ1n) is 7.99. The van der Waals surface area contributed by atoms with Gasteiger partial charge in [-0.25, -0.2) is 4.98 Å². The number of benzene rings is 2. The predicted octanol–water partition coefficient (Wildman–Crippen LogP) is 3.96. The zero-order valence-electron chi connectivity index (χ0n) is 13.7. The number of hydrogen-bond acceptors (Lipinski definition) is 3. The molecule has 2 heterocycles. The first kappa shape index (κ1) is 14.5. The van der Waals surface area contributed by atoms with Gasteiger partial charge in [-0.1, -0.05) is 18.2 Å². The van der Waals surface area contributed by atoms with Crippen LogP contribution in [0, 0.1) is 11.3 Å². The average molecular weight is 315 g/mol. The molecule has 0 amide bonds. The van der Waals surface area contributed by atoms with Crippen LogP contribution in [0.25, 0.3) is 22.7 Å². The Hall–Kier alpha value is -3.06. The van der Waals surface area contributed by atoms with E-state index in [0.29, 0.717) is 11.4 Å². The maximum absolute atomic E-state index is 9.63. The van der Waals surface area contributed by atoms with Crippen molar-refractivity contribution in [3.63, 3.8) is 0 Å². The minimum Gasteiger partial charge on any atom is -0.490 e. The Morgan fingerprint density at radius 1 is 1.33 bits per heavy atom. The molecule has 2 aromatic carbocycles. The van der Waals surface area contributed by atoms with Gasteiger partial charge in [0.15, 0.2) is 5.82 Å². The molecule has 4 rings (SSSR count). The Balaban J connectivity index is 1.78. The summed E-state index contributed by atoms with van der Waals surface area (Å²) in [6.07, 6.45) is 3.02. The molecule has 0 aliphatic carbocycles. The summed E-state index contributed by atoms with van der Waals surface area (Å²) in [6, 6.07) is 16.3. The van der Waals surface area contributed by atoms with Crippen LogP contribution in [0.15, 0.2) is 42.5 Å². The highest BCUT2D eigenvalue weighted by molar-refractivity contribution is 5.91. The van der Waals surface area contributed by atoms with Gasteiger partial charge in [0.1, 0.15) is 17.9 Å². The number of para-hydroxylation sites is 2. The highest BCUT2D eigenvalue weighted by Gasteiger charge is 2.19. The highest BCUT2D eigenvalue weighted by atomic mass is 16.5. The molecular formula is C20H17N3O. The second-order valence-corrected chi connectivity index (χ2v) is 6.15. The molecule has 24 heavy (non-hydrogen) atoms. The second-order valence-electron chi connectivity index (χ2n) is 6.15. The second kappa shape index (κ2) is 5.54. The molecule has 1 aliphatic heterocycles. The maximum Gasteiger partial charge on any atom is 0.151 e. The number of allylic oxidation sites excluding steroid dienone is 1. The molecule has 4 heteroatoms. The molecule has 1 aromatic heterocycles. The molecule has 0 bridgehead atoms. The van der Waals surface area contributed by atoms with Gasteiger partial charge in [0.2, 0.25) is 0 Å². The zero-order valence-corrected chi connectivity index (χ0v) is 13.7. The van der Waals surface area contributed by atoms with E-state index in [-0.39, 0.29) is 6.10 Å². The Bertz CT molecular complexity index is 1010. The van der Waals surface area contributed by atoms with Gasteiger partial charge in [-0.3, -0.25) is 0 Å². The molecular weight excluding hydrogens is 298 g/mol. The van der Waals surface area contributed by atoms with E-state index in [1.54, 1.807) is 0 Å². The minimum absolute atomic E-state index is 0.217. The summed E-state index contributed by atoms with van der Waals surface area (Å²) < 4.78 is 7.70. The maximum atomic E-state index is 9.63. The lowest BCUT2D eigenvalue weighted by atomic mass is 10.0. The molecule has 118 valence electrons. The fourth-order valence-electron chi connectivity index (χ4n) is 3.23. The number of aryl methyl sites for hydroxylation is 1. The molecule has 1 atom stereocenters. The molecule has 3 aromatic rings. The lowest BCUT2D eigenvalue weighted by Gasteiger charge is -2.03. The van der Waals surface area contributed by atoms with E-state index < -0.39 is 0 Å². The monoisotopic (exact) mass is 315 g/mol.